The van der Waals surface area contributed by atoms with Crippen LogP contribution in [0.4, 0.5) is 0 Å². The van der Waals surface area contributed by atoms with Gasteiger partial charge in [-0.05, 0) is 104 Å². The van der Waals surface area contributed by atoms with Crippen LogP contribution in [-0.2, 0) is 0 Å². The molecule has 0 heteroatoms. The van der Waals surface area contributed by atoms with Crippen molar-refractivity contribution in [2.75, 3.05) is 0 Å². The maximum atomic E-state index is 2.41. The summed E-state index contributed by atoms with van der Waals surface area (Å²) in [5.41, 5.74) is 9.98. The zero-order valence-corrected chi connectivity index (χ0v) is 26.3. The standard InChI is InChI=1S/C48H30/c1-4-14-31(15-5-1)34-26-27-36(33-18-8-3-9-19-33)44(30-34)46-38-20-10-11-21-40(38)48-43-29-28-35(32-16-6-2-7-17-32)37-22-12-23-39(45(37)43)41-24-13-25-42(46)47(41)48/h1-30H. The van der Waals surface area contributed by atoms with Crippen molar-refractivity contribution < 1.29 is 0 Å². The van der Waals surface area contributed by atoms with Gasteiger partial charge >= 0.3 is 0 Å². The van der Waals surface area contributed by atoms with Gasteiger partial charge in [0.25, 0.3) is 0 Å². The van der Waals surface area contributed by atoms with Crippen LogP contribution in [0.5, 0.6) is 0 Å². The quantitative estimate of drug-likeness (QED) is 0.138. The molecule has 222 valence electrons. The van der Waals surface area contributed by atoms with Crippen molar-refractivity contribution in [1.82, 2.24) is 0 Å². The first-order valence-electron chi connectivity index (χ1n) is 16.7. The maximum Gasteiger partial charge on any atom is -0.00137 e. The molecule has 10 rings (SSSR count). The minimum Gasteiger partial charge on any atom is -0.0622 e. The smallest absolute Gasteiger partial charge is 0.00137 e. The molecule has 0 fully saturated rings. The summed E-state index contributed by atoms with van der Waals surface area (Å²) < 4.78 is 0. The van der Waals surface area contributed by atoms with E-state index < -0.39 is 0 Å². The second-order valence-electron chi connectivity index (χ2n) is 12.8. The Labute approximate surface area is 279 Å². The Hall–Kier alpha value is -6.24. The van der Waals surface area contributed by atoms with Crippen LogP contribution in [0, 0.1) is 0 Å². The first-order chi connectivity index (χ1) is 23.8. The first kappa shape index (κ1) is 26.9. The number of benzene rings is 10. The third kappa shape index (κ3) is 3.96. The lowest BCUT2D eigenvalue weighted by atomic mass is 9.81. The van der Waals surface area contributed by atoms with Gasteiger partial charge in [0.05, 0.1) is 0 Å². The van der Waals surface area contributed by atoms with Crippen molar-refractivity contribution in [2.24, 2.45) is 0 Å². The molecule has 0 aromatic heterocycles. The summed E-state index contributed by atoms with van der Waals surface area (Å²) >= 11 is 0. The summed E-state index contributed by atoms with van der Waals surface area (Å²) in [4.78, 5) is 0. The van der Waals surface area contributed by atoms with Crippen LogP contribution in [0.1, 0.15) is 0 Å². The number of hydrogen-bond acceptors (Lipinski definition) is 0. The van der Waals surface area contributed by atoms with Crippen LogP contribution >= 0.6 is 0 Å². The van der Waals surface area contributed by atoms with Gasteiger partial charge in [-0.25, -0.2) is 0 Å². The van der Waals surface area contributed by atoms with Gasteiger partial charge in [0.1, 0.15) is 0 Å². The number of hydrogen-bond donors (Lipinski definition) is 0. The van der Waals surface area contributed by atoms with Crippen molar-refractivity contribution in [3.8, 4) is 44.5 Å². The fourth-order valence-corrected chi connectivity index (χ4v) is 8.16. The predicted octanol–water partition coefficient (Wildman–Crippen LogP) is 13.6. The van der Waals surface area contributed by atoms with Crippen LogP contribution in [0.2, 0.25) is 0 Å². The molecule has 10 aromatic carbocycles. The molecule has 0 N–H and O–H groups in total. The Morgan fingerprint density at radius 3 is 1.40 bits per heavy atom. The zero-order chi connectivity index (χ0) is 31.6. The van der Waals surface area contributed by atoms with Gasteiger partial charge in [0, 0.05) is 0 Å². The van der Waals surface area contributed by atoms with E-state index in [1.165, 1.54) is 98.4 Å². The van der Waals surface area contributed by atoms with Crippen molar-refractivity contribution in [1.29, 1.82) is 0 Å². The van der Waals surface area contributed by atoms with Gasteiger partial charge in [0.15, 0.2) is 0 Å². The van der Waals surface area contributed by atoms with E-state index in [0.29, 0.717) is 0 Å². The molecule has 0 amide bonds. The van der Waals surface area contributed by atoms with E-state index in [1.54, 1.807) is 0 Å². The molecular weight excluding hydrogens is 577 g/mol. The van der Waals surface area contributed by atoms with E-state index in [1.807, 2.05) is 0 Å². The first-order valence-corrected chi connectivity index (χ1v) is 16.7. The topological polar surface area (TPSA) is 0 Å². The van der Waals surface area contributed by atoms with E-state index in [-0.39, 0.29) is 0 Å². The normalized spacial score (nSPS) is 11.8. The molecule has 0 atom stereocenters. The van der Waals surface area contributed by atoms with Gasteiger partial charge in [0.2, 0.25) is 0 Å². The molecule has 0 aliphatic carbocycles. The largest absolute Gasteiger partial charge is 0.0622 e. The molecular formula is C48H30. The van der Waals surface area contributed by atoms with Crippen molar-refractivity contribution in [3.63, 3.8) is 0 Å². The van der Waals surface area contributed by atoms with Gasteiger partial charge in [-0.1, -0.05) is 176 Å². The lowest BCUT2D eigenvalue weighted by molar-refractivity contribution is 1.58. The highest BCUT2D eigenvalue weighted by molar-refractivity contribution is 6.41. The summed E-state index contributed by atoms with van der Waals surface area (Å²) in [6, 6.07) is 66.9. The van der Waals surface area contributed by atoms with Crippen LogP contribution in [0.3, 0.4) is 0 Å². The molecule has 10 aromatic rings. The molecule has 0 bridgehead atoms. The predicted molar refractivity (Wildman–Crippen MR) is 207 cm³/mol. The molecule has 0 aliphatic heterocycles. The Kier molecular flexibility index (Phi) is 5.98. The Balaban J connectivity index is 1.39. The second-order valence-corrected chi connectivity index (χ2v) is 12.8. The summed E-state index contributed by atoms with van der Waals surface area (Å²) in [5.74, 6) is 0. The Morgan fingerprint density at radius 1 is 0.208 bits per heavy atom. The summed E-state index contributed by atoms with van der Waals surface area (Å²) in [6.45, 7) is 0. The van der Waals surface area contributed by atoms with Gasteiger partial charge in [-0.3, -0.25) is 0 Å². The molecule has 0 unspecified atom stereocenters. The van der Waals surface area contributed by atoms with Crippen molar-refractivity contribution in [2.45, 2.75) is 0 Å². The Morgan fingerprint density at radius 2 is 0.688 bits per heavy atom. The fourth-order valence-electron chi connectivity index (χ4n) is 8.16. The average molecular weight is 607 g/mol. The molecule has 48 heavy (non-hydrogen) atoms. The summed E-state index contributed by atoms with van der Waals surface area (Å²) in [5, 5.41) is 13.1. The van der Waals surface area contributed by atoms with Crippen LogP contribution < -0.4 is 0 Å². The molecule has 0 saturated carbocycles. The van der Waals surface area contributed by atoms with E-state index in [9.17, 15) is 0 Å². The summed E-state index contributed by atoms with van der Waals surface area (Å²) in [7, 11) is 0. The molecule has 0 radical (unpaired) electrons. The number of rotatable bonds is 4. The minimum atomic E-state index is 1.22. The highest BCUT2D eigenvalue weighted by Gasteiger charge is 2.22. The zero-order valence-electron chi connectivity index (χ0n) is 26.3. The van der Waals surface area contributed by atoms with E-state index in [0.717, 1.165) is 0 Å². The molecule has 0 saturated heterocycles. The second kappa shape index (κ2) is 10.7. The Bertz CT molecular complexity index is 2790. The maximum absolute atomic E-state index is 2.41. The lowest BCUT2D eigenvalue weighted by Gasteiger charge is -2.22. The molecule has 0 nitrogen and oxygen atoms in total. The summed E-state index contributed by atoms with van der Waals surface area (Å²) in [6.07, 6.45) is 0. The molecule has 0 aliphatic rings. The van der Waals surface area contributed by atoms with Gasteiger partial charge in [-0.2, -0.15) is 0 Å². The monoisotopic (exact) mass is 606 g/mol. The molecule has 0 spiro atoms. The highest BCUT2D eigenvalue weighted by atomic mass is 14.2. The fraction of sp³-hybridized carbons (Fsp3) is 0. The van der Waals surface area contributed by atoms with Crippen LogP contribution in [-0.4, -0.2) is 0 Å². The minimum absolute atomic E-state index is 1.22. The van der Waals surface area contributed by atoms with E-state index in [4.69, 9.17) is 0 Å². The van der Waals surface area contributed by atoms with E-state index in [2.05, 4.69) is 182 Å². The SMILES string of the molecule is c1ccc(-c2ccc(-c3ccccc3)c(-c3c4ccccc4c4c5ccc(-c6ccccc6)c6cccc(c7cccc3c74)c65)c2)cc1. The van der Waals surface area contributed by atoms with Crippen LogP contribution in [0.25, 0.3) is 98.4 Å². The number of fused-ring (bicyclic) bond motifs is 4. The third-order valence-corrected chi connectivity index (χ3v) is 10.2. The molecule has 0 heterocycles. The van der Waals surface area contributed by atoms with Crippen LogP contribution in [0.15, 0.2) is 182 Å². The van der Waals surface area contributed by atoms with Gasteiger partial charge in [-0.15, -0.1) is 0 Å². The van der Waals surface area contributed by atoms with Gasteiger partial charge < -0.3 is 0 Å². The average Bonchev–Trinajstić information content (AvgIpc) is 3.17. The van der Waals surface area contributed by atoms with Crippen molar-refractivity contribution >= 4 is 53.9 Å². The van der Waals surface area contributed by atoms with E-state index >= 15 is 0 Å². The van der Waals surface area contributed by atoms with Crippen molar-refractivity contribution in [3.05, 3.63) is 182 Å². The highest BCUT2D eigenvalue weighted by Crippen LogP contribution is 2.50. The third-order valence-electron chi connectivity index (χ3n) is 10.2. The lowest BCUT2D eigenvalue weighted by Crippen LogP contribution is -1.94.